The zero-order valence-electron chi connectivity index (χ0n) is 25.3. The van der Waals surface area contributed by atoms with Gasteiger partial charge in [-0.05, 0) is 73.2 Å². The summed E-state index contributed by atoms with van der Waals surface area (Å²) in [5.41, 5.74) is 3.31. The first-order valence-electron chi connectivity index (χ1n) is 14.9. The van der Waals surface area contributed by atoms with Gasteiger partial charge in [0, 0.05) is 25.0 Å². The number of benzene rings is 3. The van der Waals surface area contributed by atoms with Gasteiger partial charge in [0.1, 0.15) is 5.75 Å². The summed E-state index contributed by atoms with van der Waals surface area (Å²) in [7, 11) is 1.70. The molecule has 1 saturated carbocycles. The van der Waals surface area contributed by atoms with Crippen molar-refractivity contribution in [2.24, 2.45) is 5.92 Å². The Morgan fingerprint density at radius 1 is 0.909 bits per heavy atom. The third kappa shape index (κ3) is 9.32. The molecule has 0 aliphatic heterocycles. The first-order chi connectivity index (χ1) is 21.2. The monoisotopic (exact) mass is 600 g/mol. The van der Waals surface area contributed by atoms with Crippen LogP contribution in [0, 0.1) is 12.8 Å². The molecular weight excluding hydrogens is 560 g/mol. The van der Waals surface area contributed by atoms with Crippen LogP contribution in [0.1, 0.15) is 43.2 Å². The number of aryl methyl sites for hydroxylation is 1. The number of urea groups is 1. The van der Waals surface area contributed by atoms with Gasteiger partial charge in [0.2, 0.25) is 5.91 Å². The minimum Gasteiger partial charge on any atom is -0.482 e. The quantitative estimate of drug-likeness (QED) is 0.256. The van der Waals surface area contributed by atoms with Crippen molar-refractivity contribution in [2.45, 2.75) is 45.4 Å². The number of carboxylic acid groups (broad SMARTS) is 1. The van der Waals surface area contributed by atoms with E-state index in [1.807, 2.05) is 37.3 Å². The van der Waals surface area contributed by atoms with Crippen LogP contribution in [0.25, 0.3) is 0 Å². The number of amides is 4. The van der Waals surface area contributed by atoms with Crippen molar-refractivity contribution in [1.82, 2.24) is 5.32 Å². The molecule has 0 aromatic heterocycles. The van der Waals surface area contributed by atoms with Gasteiger partial charge in [-0.15, -0.1) is 0 Å². The summed E-state index contributed by atoms with van der Waals surface area (Å²) >= 11 is 0. The topological polar surface area (TPSA) is 128 Å². The van der Waals surface area contributed by atoms with E-state index in [0.717, 1.165) is 36.9 Å². The molecular formula is C34H40N4O6. The van der Waals surface area contributed by atoms with Crippen molar-refractivity contribution < 1.29 is 29.0 Å². The molecule has 0 spiro atoms. The standard InChI is InChI=1S/C34H40N4O6/c1-24-10-8-15-28(18-24)37(2)32(40)23-44-30-17-7-6-16-29(30)38(22-25-11-4-3-5-12-25)31(39)21-35-34(43)36-27-14-9-13-26(19-27)20-33(41)42/h6-10,13-19,25H,3-5,11-12,20-23H2,1-2H3,(H,41,42)(H2,35,36,43). The number of rotatable bonds is 12. The Morgan fingerprint density at radius 3 is 2.41 bits per heavy atom. The molecule has 4 amide bonds. The Morgan fingerprint density at radius 2 is 1.66 bits per heavy atom. The smallest absolute Gasteiger partial charge is 0.319 e. The second-order valence-electron chi connectivity index (χ2n) is 11.1. The van der Waals surface area contributed by atoms with Gasteiger partial charge in [-0.2, -0.15) is 0 Å². The van der Waals surface area contributed by atoms with Gasteiger partial charge in [-0.3, -0.25) is 14.4 Å². The average Bonchev–Trinajstić information content (AvgIpc) is 3.01. The summed E-state index contributed by atoms with van der Waals surface area (Å²) in [6.45, 7) is 1.95. The SMILES string of the molecule is Cc1cccc(N(C)C(=O)COc2ccccc2N(CC2CCCCC2)C(=O)CNC(=O)Nc2cccc(CC(=O)O)c2)c1. The largest absolute Gasteiger partial charge is 0.482 e. The van der Waals surface area contributed by atoms with Crippen molar-refractivity contribution in [3.8, 4) is 5.75 Å². The summed E-state index contributed by atoms with van der Waals surface area (Å²) in [4.78, 5) is 53.5. The summed E-state index contributed by atoms with van der Waals surface area (Å²) in [6.07, 6.45) is 5.23. The molecule has 0 heterocycles. The van der Waals surface area contributed by atoms with Gasteiger partial charge >= 0.3 is 12.0 Å². The lowest BCUT2D eigenvalue weighted by atomic mass is 9.89. The second-order valence-corrected chi connectivity index (χ2v) is 11.1. The predicted molar refractivity (Wildman–Crippen MR) is 170 cm³/mol. The fraction of sp³-hybridized carbons (Fsp3) is 0.353. The second kappa shape index (κ2) is 15.6. The maximum absolute atomic E-state index is 13.7. The fourth-order valence-electron chi connectivity index (χ4n) is 5.34. The van der Waals surface area contributed by atoms with E-state index in [-0.39, 0.29) is 31.4 Å². The number of hydrogen-bond donors (Lipinski definition) is 3. The number of para-hydroxylation sites is 2. The van der Waals surface area contributed by atoms with Gasteiger partial charge in [0.25, 0.3) is 5.91 Å². The molecule has 10 heteroatoms. The van der Waals surface area contributed by atoms with Crippen molar-refractivity contribution in [2.75, 3.05) is 41.9 Å². The number of nitrogens with one attached hydrogen (secondary N) is 2. The molecule has 3 N–H and O–H groups in total. The lowest BCUT2D eigenvalue weighted by Gasteiger charge is -2.31. The Hall–Kier alpha value is -4.86. The highest BCUT2D eigenvalue weighted by Gasteiger charge is 2.25. The van der Waals surface area contributed by atoms with Gasteiger partial charge in [0.05, 0.1) is 18.7 Å². The van der Waals surface area contributed by atoms with Crippen LogP contribution in [-0.2, 0) is 20.8 Å². The molecule has 0 bridgehead atoms. The van der Waals surface area contributed by atoms with Crippen LogP contribution in [0.15, 0.2) is 72.8 Å². The molecule has 0 saturated heterocycles. The number of carbonyl (C=O) groups excluding carboxylic acids is 3. The van der Waals surface area contributed by atoms with Crippen LogP contribution < -0.4 is 25.2 Å². The normalized spacial score (nSPS) is 13.0. The van der Waals surface area contributed by atoms with Crippen LogP contribution in [0.3, 0.4) is 0 Å². The Kier molecular flexibility index (Phi) is 11.3. The van der Waals surface area contributed by atoms with Gasteiger partial charge in [-0.1, -0.05) is 55.7 Å². The zero-order valence-corrected chi connectivity index (χ0v) is 25.3. The lowest BCUT2D eigenvalue weighted by Crippen LogP contribution is -2.44. The lowest BCUT2D eigenvalue weighted by molar-refractivity contribution is -0.136. The van der Waals surface area contributed by atoms with Crippen LogP contribution in [0.5, 0.6) is 5.75 Å². The van der Waals surface area contributed by atoms with E-state index < -0.39 is 12.0 Å². The van der Waals surface area contributed by atoms with Crippen molar-refractivity contribution >= 4 is 40.9 Å². The van der Waals surface area contributed by atoms with Gasteiger partial charge in [-0.25, -0.2) is 4.79 Å². The summed E-state index contributed by atoms with van der Waals surface area (Å²) < 4.78 is 6.01. The zero-order chi connectivity index (χ0) is 31.5. The first-order valence-corrected chi connectivity index (χ1v) is 14.9. The molecule has 232 valence electrons. The number of nitrogens with zero attached hydrogens (tertiary/aromatic N) is 2. The van der Waals surface area contributed by atoms with Crippen LogP contribution in [0.4, 0.5) is 21.9 Å². The summed E-state index contributed by atoms with van der Waals surface area (Å²) in [5.74, 6) is -0.809. The van der Waals surface area contributed by atoms with Crippen LogP contribution in [-0.4, -0.2) is 55.7 Å². The van der Waals surface area contributed by atoms with Crippen LogP contribution >= 0.6 is 0 Å². The van der Waals surface area contributed by atoms with Crippen molar-refractivity contribution in [1.29, 1.82) is 0 Å². The van der Waals surface area contributed by atoms with Crippen molar-refractivity contribution in [3.63, 3.8) is 0 Å². The molecule has 3 aromatic rings. The number of likely N-dealkylation sites (N-methyl/N-ethyl adjacent to an activating group) is 1. The molecule has 4 rings (SSSR count). The predicted octanol–water partition coefficient (Wildman–Crippen LogP) is 5.40. The van der Waals surface area contributed by atoms with E-state index in [1.54, 1.807) is 59.3 Å². The number of carbonyl (C=O) groups is 4. The highest BCUT2D eigenvalue weighted by Crippen LogP contribution is 2.32. The first kappa shape index (κ1) is 32.1. The molecule has 0 atom stereocenters. The average molecular weight is 601 g/mol. The van der Waals surface area contributed by atoms with Gasteiger partial charge in [0.15, 0.2) is 6.61 Å². The molecule has 1 aliphatic carbocycles. The Labute approximate surface area is 258 Å². The number of aliphatic carboxylic acids is 1. The van der Waals surface area contributed by atoms with Gasteiger partial charge < -0.3 is 30.3 Å². The summed E-state index contributed by atoms with van der Waals surface area (Å²) in [6, 6.07) is 20.7. The van der Waals surface area contributed by atoms with E-state index in [1.165, 1.54) is 6.42 Å². The van der Waals surface area contributed by atoms with E-state index >= 15 is 0 Å². The summed E-state index contributed by atoms with van der Waals surface area (Å²) in [5, 5.41) is 14.3. The van der Waals surface area contributed by atoms with Crippen molar-refractivity contribution in [3.05, 3.63) is 83.9 Å². The molecule has 3 aromatic carbocycles. The van der Waals surface area contributed by atoms with Crippen LogP contribution in [0.2, 0.25) is 0 Å². The molecule has 0 radical (unpaired) electrons. The van der Waals surface area contributed by atoms with E-state index in [4.69, 9.17) is 9.84 Å². The van der Waals surface area contributed by atoms with E-state index in [2.05, 4.69) is 10.6 Å². The molecule has 1 fully saturated rings. The molecule has 0 unspecified atom stereocenters. The third-order valence-corrected chi connectivity index (χ3v) is 7.68. The molecule has 1 aliphatic rings. The highest BCUT2D eigenvalue weighted by atomic mass is 16.5. The fourth-order valence-corrected chi connectivity index (χ4v) is 5.34. The maximum Gasteiger partial charge on any atom is 0.319 e. The van der Waals surface area contributed by atoms with E-state index in [9.17, 15) is 19.2 Å². The third-order valence-electron chi connectivity index (χ3n) is 7.68. The number of carboxylic acids is 1. The minimum absolute atomic E-state index is 0.166. The molecule has 44 heavy (non-hydrogen) atoms. The van der Waals surface area contributed by atoms with E-state index in [0.29, 0.717) is 35.2 Å². The Bertz CT molecular complexity index is 1470. The Balaban J connectivity index is 1.45. The number of anilines is 3. The minimum atomic E-state index is -0.970. The highest BCUT2D eigenvalue weighted by molar-refractivity contribution is 5.99. The molecule has 10 nitrogen and oxygen atoms in total. The maximum atomic E-state index is 13.7. The number of ether oxygens (including phenoxy) is 1. The number of hydrogen-bond acceptors (Lipinski definition) is 5.